The monoisotopic (exact) mass is 339 g/mol. The summed E-state index contributed by atoms with van der Waals surface area (Å²) < 4.78 is 18.6. The molecule has 1 amide bonds. The van der Waals surface area contributed by atoms with Crippen molar-refractivity contribution in [2.45, 2.75) is 20.4 Å². The van der Waals surface area contributed by atoms with Crippen molar-refractivity contribution in [3.05, 3.63) is 64.6 Å². The average molecular weight is 339 g/mol. The summed E-state index contributed by atoms with van der Waals surface area (Å²) >= 11 is 0. The minimum absolute atomic E-state index is 0.177. The molecule has 0 spiro atoms. The van der Waals surface area contributed by atoms with Crippen LogP contribution in [0.5, 0.6) is 5.75 Å². The Balaban J connectivity index is 1.78. The number of hydrogen-bond acceptors (Lipinski definition) is 4. The highest BCUT2D eigenvalue weighted by Gasteiger charge is 2.10. The molecule has 1 aromatic heterocycles. The Bertz CT molecular complexity index is 957. The zero-order valence-electron chi connectivity index (χ0n) is 14.3. The Morgan fingerprint density at radius 1 is 1.16 bits per heavy atom. The predicted molar refractivity (Wildman–Crippen MR) is 93.1 cm³/mol. The smallest absolute Gasteiger partial charge is 0.251 e. The average Bonchev–Trinajstić information content (AvgIpc) is 2.62. The molecular weight excluding hydrogens is 321 g/mol. The zero-order chi connectivity index (χ0) is 18.0. The van der Waals surface area contributed by atoms with Gasteiger partial charge in [-0.05, 0) is 55.3 Å². The number of nitrogens with one attached hydrogen (secondary N) is 1. The van der Waals surface area contributed by atoms with Crippen LogP contribution in [0, 0.1) is 19.7 Å². The second-order valence-electron chi connectivity index (χ2n) is 5.79. The van der Waals surface area contributed by atoms with Crippen LogP contribution in [0.15, 0.2) is 36.4 Å². The Kier molecular flexibility index (Phi) is 4.61. The number of halogens is 1. The van der Waals surface area contributed by atoms with Crippen molar-refractivity contribution in [3.63, 3.8) is 0 Å². The third-order valence-electron chi connectivity index (χ3n) is 4.18. The van der Waals surface area contributed by atoms with Crippen molar-refractivity contribution in [1.29, 1.82) is 0 Å². The SMILES string of the molecule is COc1ccc(CNC(=O)c2ccc3nnc(C)c(C)c3c2)cc1F. The summed E-state index contributed by atoms with van der Waals surface area (Å²) in [4.78, 5) is 12.4. The fourth-order valence-electron chi connectivity index (χ4n) is 2.57. The Labute approximate surface area is 144 Å². The number of rotatable bonds is 4. The maximum absolute atomic E-state index is 13.7. The van der Waals surface area contributed by atoms with E-state index in [9.17, 15) is 9.18 Å². The Hall–Kier alpha value is -3.02. The molecule has 5 nitrogen and oxygen atoms in total. The van der Waals surface area contributed by atoms with E-state index in [1.807, 2.05) is 13.8 Å². The number of carbonyl (C=O) groups is 1. The van der Waals surface area contributed by atoms with Gasteiger partial charge in [-0.25, -0.2) is 4.39 Å². The number of methoxy groups -OCH3 is 1. The first kappa shape index (κ1) is 16.8. The van der Waals surface area contributed by atoms with Crippen LogP contribution in [0.4, 0.5) is 4.39 Å². The van der Waals surface area contributed by atoms with Gasteiger partial charge in [-0.1, -0.05) is 6.07 Å². The fraction of sp³-hybridized carbons (Fsp3) is 0.211. The summed E-state index contributed by atoms with van der Waals surface area (Å²) in [6.45, 7) is 4.06. The van der Waals surface area contributed by atoms with E-state index >= 15 is 0 Å². The Morgan fingerprint density at radius 2 is 1.96 bits per heavy atom. The minimum Gasteiger partial charge on any atom is -0.494 e. The van der Waals surface area contributed by atoms with Crippen molar-refractivity contribution >= 4 is 16.8 Å². The first-order valence-corrected chi connectivity index (χ1v) is 7.84. The molecule has 0 radical (unpaired) electrons. The minimum atomic E-state index is -0.454. The highest BCUT2D eigenvalue weighted by atomic mass is 19.1. The number of amides is 1. The molecule has 2 aromatic carbocycles. The summed E-state index contributed by atoms with van der Waals surface area (Å²) in [5.41, 5.74) is 3.76. The van der Waals surface area contributed by atoms with Crippen molar-refractivity contribution in [3.8, 4) is 5.75 Å². The van der Waals surface area contributed by atoms with E-state index in [4.69, 9.17) is 4.74 Å². The summed E-state index contributed by atoms with van der Waals surface area (Å²) in [6, 6.07) is 9.88. The van der Waals surface area contributed by atoms with Crippen molar-refractivity contribution in [2.75, 3.05) is 7.11 Å². The van der Waals surface area contributed by atoms with Crippen LogP contribution in [0.1, 0.15) is 27.2 Å². The molecule has 6 heteroatoms. The number of hydrogen-bond donors (Lipinski definition) is 1. The van der Waals surface area contributed by atoms with Gasteiger partial charge in [0.05, 0.1) is 18.3 Å². The maximum Gasteiger partial charge on any atom is 0.251 e. The van der Waals surface area contributed by atoms with E-state index in [0.29, 0.717) is 11.1 Å². The van der Waals surface area contributed by atoms with Crippen molar-refractivity contribution in [2.24, 2.45) is 0 Å². The number of aromatic nitrogens is 2. The van der Waals surface area contributed by atoms with Gasteiger partial charge in [-0.2, -0.15) is 10.2 Å². The largest absolute Gasteiger partial charge is 0.494 e. The van der Waals surface area contributed by atoms with Crippen LogP contribution in [0.3, 0.4) is 0 Å². The second-order valence-corrected chi connectivity index (χ2v) is 5.79. The third-order valence-corrected chi connectivity index (χ3v) is 4.18. The number of carbonyl (C=O) groups excluding carboxylic acids is 1. The molecule has 25 heavy (non-hydrogen) atoms. The van der Waals surface area contributed by atoms with Crippen LogP contribution in [0.2, 0.25) is 0 Å². The molecule has 0 saturated carbocycles. The van der Waals surface area contributed by atoms with Gasteiger partial charge in [0, 0.05) is 17.5 Å². The maximum atomic E-state index is 13.7. The topological polar surface area (TPSA) is 64.1 Å². The zero-order valence-corrected chi connectivity index (χ0v) is 14.3. The van der Waals surface area contributed by atoms with Gasteiger partial charge in [0.25, 0.3) is 5.91 Å². The predicted octanol–water partition coefficient (Wildman–Crippen LogP) is 3.32. The van der Waals surface area contributed by atoms with Gasteiger partial charge in [0.2, 0.25) is 0 Å². The van der Waals surface area contributed by atoms with E-state index in [1.54, 1.807) is 24.3 Å². The normalized spacial score (nSPS) is 10.7. The number of fused-ring (bicyclic) bond motifs is 1. The number of nitrogens with zero attached hydrogens (tertiary/aromatic N) is 2. The summed E-state index contributed by atoms with van der Waals surface area (Å²) in [5, 5.41) is 11.9. The summed E-state index contributed by atoms with van der Waals surface area (Å²) in [7, 11) is 1.41. The standard InChI is InChI=1S/C19H18FN3O2/c1-11-12(2)22-23-17-6-5-14(9-15(11)17)19(24)21-10-13-4-7-18(25-3)16(20)8-13/h4-9H,10H2,1-3H3,(H,21,24). The van der Waals surface area contributed by atoms with E-state index < -0.39 is 5.82 Å². The lowest BCUT2D eigenvalue weighted by Gasteiger charge is -2.09. The Morgan fingerprint density at radius 3 is 2.68 bits per heavy atom. The van der Waals surface area contributed by atoms with Crippen molar-refractivity contribution < 1.29 is 13.9 Å². The van der Waals surface area contributed by atoms with Gasteiger partial charge >= 0.3 is 0 Å². The lowest BCUT2D eigenvalue weighted by atomic mass is 10.1. The van der Waals surface area contributed by atoms with E-state index in [0.717, 1.165) is 22.2 Å². The van der Waals surface area contributed by atoms with Gasteiger partial charge in [-0.3, -0.25) is 4.79 Å². The molecule has 0 aliphatic rings. The van der Waals surface area contributed by atoms with E-state index in [2.05, 4.69) is 15.5 Å². The first-order valence-electron chi connectivity index (χ1n) is 7.84. The van der Waals surface area contributed by atoms with Crippen LogP contribution in [-0.4, -0.2) is 23.2 Å². The molecule has 3 rings (SSSR count). The van der Waals surface area contributed by atoms with Gasteiger partial charge < -0.3 is 10.1 Å². The van der Waals surface area contributed by atoms with Crippen LogP contribution >= 0.6 is 0 Å². The molecule has 1 N–H and O–H groups in total. The third kappa shape index (κ3) is 3.42. The second kappa shape index (κ2) is 6.84. The highest BCUT2D eigenvalue weighted by Crippen LogP contribution is 2.20. The molecule has 128 valence electrons. The molecule has 0 bridgehead atoms. The van der Waals surface area contributed by atoms with Gasteiger partial charge in [0.1, 0.15) is 0 Å². The molecular formula is C19H18FN3O2. The molecule has 0 atom stereocenters. The van der Waals surface area contributed by atoms with Crippen molar-refractivity contribution in [1.82, 2.24) is 15.5 Å². The number of aryl methyl sites for hydroxylation is 2. The fourth-order valence-corrected chi connectivity index (χ4v) is 2.57. The van der Waals surface area contributed by atoms with Crippen LogP contribution < -0.4 is 10.1 Å². The lowest BCUT2D eigenvalue weighted by Crippen LogP contribution is -2.22. The molecule has 0 fully saturated rings. The number of benzene rings is 2. The molecule has 0 unspecified atom stereocenters. The lowest BCUT2D eigenvalue weighted by molar-refractivity contribution is 0.0951. The van der Waals surface area contributed by atoms with Gasteiger partial charge in [0.15, 0.2) is 11.6 Å². The first-order chi connectivity index (χ1) is 12.0. The van der Waals surface area contributed by atoms with E-state index in [-0.39, 0.29) is 18.2 Å². The summed E-state index contributed by atoms with van der Waals surface area (Å²) in [5.74, 6) is -0.506. The van der Waals surface area contributed by atoms with Crippen LogP contribution in [0.25, 0.3) is 10.9 Å². The summed E-state index contributed by atoms with van der Waals surface area (Å²) in [6.07, 6.45) is 0. The molecule has 0 aliphatic heterocycles. The molecule has 1 heterocycles. The quantitative estimate of drug-likeness (QED) is 0.792. The van der Waals surface area contributed by atoms with Crippen LogP contribution in [-0.2, 0) is 6.54 Å². The van der Waals surface area contributed by atoms with E-state index in [1.165, 1.54) is 19.2 Å². The molecule has 0 aliphatic carbocycles. The highest BCUT2D eigenvalue weighted by molar-refractivity contribution is 5.98. The molecule has 3 aromatic rings. The number of ether oxygens (including phenoxy) is 1. The molecule has 0 saturated heterocycles. The van der Waals surface area contributed by atoms with Gasteiger partial charge in [-0.15, -0.1) is 0 Å².